The van der Waals surface area contributed by atoms with Gasteiger partial charge >= 0.3 is 0 Å². The molecule has 246 valence electrons. The molecular formula is C33H39BrN9O3P. The Bertz CT molecular complexity index is 1900. The number of ether oxygens (including phenoxy) is 1. The summed E-state index contributed by atoms with van der Waals surface area (Å²) in [7, 11) is -1.07. The molecule has 3 saturated heterocycles. The van der Waals surface area contributed by atoms with E-state index < -0.39 is 7.14 Å². The molecule has 5 heterocycles. The number of rotatable bonds is 8. The van der Waals surface area contributed by atoms with Gasteiger partial charge in [-0.3, -0.25) is 19.7 Å². The van der Waals surface area contributed by atoms with Crippen LogP contribution in [0.3, 0.4) is 0 Å². The Morgan fingerprint density at radius 2 is 1.70 bits per heavy atom. The van der Waals surface area contributed by atoms with Gasteiger partial charge in [-0.2, -0.15) is 4.98 Å². The van der Waals surface area contributed by atoms with Crippen molar-refractivity contribution in [3.63, 3.8) is 0 Å². The molecule has 4 aromatic rings. The average Bonchev–Trinajstić information content (AvgIpc) is 3.57. The number of carbonyl (C=O) groups excluding carboxylic acids is 1. The number of carbonyl (C=O) groups is 1. The standard InChI is InChI=1S/C33H39BrN9O3P/c1-19-10-27(29(46-3)11-28(19)43-15-21-13-42(14-22(21)16-43)23-17-41(18-23)20(2)44)39-33-37-12-24(34)32(40-33)38-26-7-6-25-30(36-9-8-35-25)31(26)47(4,5)45/h6-12,21-23H,13-18H2,1-5H3,(H2,37,38,39,40)/t21-,22+. The number of methoxy groups -OCH3 is 1. The van der Waals surface area contributed by atoms with Crippen LogP contribution in [0.25, 0.3) is 11.0 Å². The number of likely N-dealkylation sites (tertiary alicyclic amines) is 2. The number of anilines is 5. The minimum atomic E-state index is -2.74. The van der Waals surface area contributed by atoms with Gasteiger partial charge in [0.1, 0.15) is 24.2 Å². The lowest BCUT2D eigenvalue weighted by molar-refractivity contribution is -0.135. The third-order valence-electron chi connectivity index (χ3n) is 9.59. The van der Waals surface area contributed by atoms with Crippen LogP contribution in [-0.2, 0) is 9.36 Å². The third kappa shape index (κ3) is 6.16. The molecule has 2 atom stereocenters. The molecule has 0 radical (unpaired) electrons. The van der Waals surface area contributed by atoms with Crippen molar-refractivity contribution in [2.24, 2.45) is 11.8 Å². The summed E-state index contributed by atoms with van der Waals surface area (Å²) in [6, 6.07) is 8.41. The number of aromatic nitrogens is 4. The Hall–Kier alpha value is -3.80. The number of fused-ring (bicyclic) bond motifs is 2. The SMILES string of the molecule is COc1cc(N2C[C@@H]3CN(C4CN(C(C)=O)C4)C[C@@H]3C2)c(C)cc1Nc1ncc(Br)c(Nc2ccc3nccnc3c2P(C)(C)=O)n1. The van der Waals surface area contributed by atoms with Crippen LogP contribution in [0.4, 0.5) is 28.8 Å². The van der Waals surface area contributed by atoms with Crippen molar-refractivity contribution < 1.29 is 14.1 Å². The molecule has 0 bridgehead atoms. The number of nitrogens with zero attached hydrogens (tertiary/aromatic N) is 7. The van der Waals surface area contributed by atoms with Gasteiger partial charge < -0.3 is 29.7 Å². The molecule has 14 heteroatoms. The van der Waals surface area contributed by atoms with E-state index in [9.17, 15) is 9.36 Å². The number of aryl methyl sites for hydroxylation is 1. The number of benzene rings is 2. The molecule has 3 fully saturated rings. The zero-order chi connectivity index (χ0) is 33.0. The molecule has 3 aliphatic rings. The van der Waals surface area contributed by atoms with Crippen LogP contribution in [0.5, 0.6) is 5.75 Å². The zero-order valence-corrected chi connectivity index (χ0v) is 29.7. The van der Waals surface area contributed by atoms with Gasteiger partial charge in [-0.25, -0.2) is 4.98 Å². The molecule has 1 amide bonds. The Kier molecular flexibility index (Phi) is 8.34. The van der Waals surface area contributed by atoms with E-state index >= 15 is 0 Å². The van der Waals surface area contributed by atoms with Gasteiger partial charge in [-0.15, -0.1) is 0 Å². The number of amides is 1. The Morgan fingerprint density at radius 3 is 2.38 bits per heavy atom. The number of nitrogens with one attached hydrogen (secondary N) is 2. The summed E-state index contributed by atoms with van der Waals surface area (Å²) < 4.78 is 19.9. The van der Waals surface area contributed by atoms with E-state index in [-0.39, 0.29) is 5.91 Å². The van der Waals surface area contributed by atoms with Gasteiger partial charge in [-0.05, 0) is 71.8 Å². The van der Waals surface area contributed by atoms with E-state index in [2.05, 4.69) is 70.4 Å². The van der Waals surface area contributed by atoms with Crippen molar-refractivity contribution in [1.29, 1.82) is 0 Å². The molecule has 3 aliphatic heterocycles. The molecule has 0 saturated carbocycles. The lowest BCUT2D eigenvalue weighted by Gasteiger charge is -2.44. The first kappa shape index (κ1) is 31.8. The van der Waals surface area contributed by atoms with E-state index in [4.69, 9.17) is 9.72 Å². The largest absolute Gasteiger partial charge is 0.494 e. The molecule has 7 rings (SSSR count). The van der Waals surface area contributed by atoms with Crippen LogP contribution in [-0.4, -0.2) is 101 Å². The van der Waals surface area contributed by atoms with E-state index in [0.29, 0.717) is 61.9 Å². The fourth-order valence-electron chi connectivity index (χ4n) is 7.18. The highest BCUT2D eigenvalue weighted by atomic mass is 79.9. The predicted octanol–water partition coefficient (Wildman–Crippen LogP) is 4.83. The van der Waals surface area contributed by atoms with Crippen LogP contribution < -0.4 is 25.6 Å². The topological polar surface area (TPSA) is 129 Å². The first-order valence-electron chi connectivity index (χ1n) is 15.8. The minimum Gasteiger partial charge on any atom is -0.494 e. The predicted molar refractivity (Wildman–Crippen MR) is 189 cm³/mol. The quantitative estimate of drug-likeness (QED) is 0.243. The molecule has 0 spiro atoms. The van der Waals surface area contributed by atoms with E-state index in [1.54, 1.807) is 46.0 Å². The van der Waals surface area contributed by atoms with Crippen molar-refractivity contribution in [1.82, 2.24) is 29.7 Å². The third-order valence-corrected chi connectivity index (χ3v) is 11.7. The Labute approximate surface area is 282 Å². The second-order valence-electron chi connectivity index (χ2n) is 13.2. The monoisotopic (exact) mass is 719 g/mol. The Balaban J connectivity index is 1.08. The summed E-state index contributed by atoms with van der Waals surface area (Å²) in [5, 5.41) is 7.34. The highest BCUT2D eigenvalue weighted by Crippen LogP contribution is 2.42. The fourth-order valence-corrected chi connectivity index (χ4v) is 8.87. The average molecular weight is 721 g/mol. The van der Waals surface area contributed by atoms with Crippen LogP contribution in [0.2, 0.25) is 0 Å². The molecule has 2 N–H and O–H groups in total. The minimum absolute atomic E-state index is 0.175. The van der Waals surface area contributed by atoms with E-state index in [1.807, 2.05) is 17.0 Å². The maximum atomic E-state index is 13.4. The zero-order valence-electron chi connectivity index (χ0n) is 27.2. The van der Waals surface area contributed by atoms with Crippen molar-refractivity contribution in [3.05, 3.63) is 52.9 Å². The van der Waals surface area contributed by atoms with Gasteiger partial charge in [0.2, 0.25) is 11.9 Å². The maximum Gasteiger partial charge on any atom is 0.229 e. The van der Waals surface area contributed by atoms with Crippen molar-refractivity contribution in [2.45, 2.75) is 19.9 Å². The van der Waals surface area contributed by atoms with Gasteiger partial charge in [0.05, 0.1) is 33.8 Å². The van der Waals surface area contributed by atoms with Crippen LogP contribution in [0.1, 0.15) is 12.5 Å². The fraction of sp³-hybridized carbons (Fsp3) is 0.424. The summed E-state index contributed by atoms with van der Waals surface area (Å²) in [5.41, 5.74) is 5.02. The molecule has 0 unspecified atom stereocenters. The van der Waals surface area contributed by atoms with Crippen LogP contribution >= 0.6 is 23.1 Å². The highest BCUT2D eigenvalue weighted by Gasteiger charge is 2.45. The molecule has 47 heavy (non-hydrogen) atoms. The normalized spacial score (nSPS) is 20.0. The number of halogens is 1. The summed E-state index contributed by atoms with van der Waals surface area (Å²) in [6.07, 6.45) is 4.91. The van der Waals surface area contributed by atoms with E-state index in [1.165, 1.54) is 5.69 Å². The molecule has 2 aromatic carbocycles. The maximum absolute atomic E-state index is 13.4. The van der Waals surface area contributed by atoms with Crippen molar-refractivity contribution >= 4 is 74.1 Å². The Morgan fingerprint density at radius 1 is 0.979 bits per heavy atom. The summed E-state index contributed by atoms with van der Waals surface area (Å²) in [5.74, 6) is 3.02. The van der Waals surface area contributed by atoms with Gasteiger partial charge in [0, 0.05) is 82.6 Å². The smallest absolute Gasteiger partial charge is 0.229 e. The van der Waals surface area contributed by atoms with Crippen molar-refractivity contribution in [3.8, 4) is 5.75 Å². The van der Waals surface area contributed by atoms with Crippen LogP contribution in [0.15, 0.2) is 47.3 Å². The lowest BCUT2D eigenvalue weighted by atomic mass is 10.0. The van der Waals surface area contributed by atoms with Crippen LogP contribution in [0, 0.1) is 18.8 Å². The first-order valence-corrected chi connectivity index (χ1v) is 19.2. The van der Waals surface area contributed by atoms with Gasteiger partial charge in [0.25, 0.3) is 0 Å². The number of hydrogen-bond donors (Lipinski definition) is 2. The summed E-state index contributed by atoms with van der Waals surface area (Å²) >= 11 is 3.57. The first-order chi connectivity index (χ1) is 22.5. The molecule has 0 aliphatic carbocycles. The second-order valence-corrected chi connectivity index (χ2v) is 17.2. The lowest BCUT2D eigenvalue weighted by Crippen LogP contribution is -2.60. The highest BCUT2D eigenvalue weighted by molar-refractivity contribution is 9.10. The van der Waals surface area contributed by atoms with Gasteiger partial charge in [0.15, 0.2) is 0 Å². The molecule has 12 nitrogen and oxygen atoms in total. The molecular weight excluding hydrogens is 681 g/mol. The summed E-state index contributed by atoms with van der Waals surface area (Å²) in [4.78, 5) is 36.8. The second kappa shape index (κ2) is 12.3. The van der Waals surface area contributed by atoms with Crippen molar-refractivity contribution in [2.75, 3.05) is 75.2 Å². The van der Waals surface area contributed by atoms with Gasteiger partial charge in [-0.1, -0.05) is 0 Å². The summed E-state index contributed by atoms with van der Waals surface area (Å²) in [6.45, 7) is 13.2. The van der Waals surface area contributed by atoms with E-state index in [0.717, 1.165) is 50.5 Å². The number of hydrogen-bond acceptors (Lipinski definition) is 11. The molecule has 2 aromatic heterocycles.